The van der Waals surface area contributed by atoms with Crippen molar-refractivity contribution in [3.63, 3.8) is 0 Å². The molecule has 2 aromatic heterocycles. The highest BCUT2D eigenvalue weighted by molar-refractivity contribution is 6.31. The molecular weight excluding hydrogens is 441 g/mol. The summed E-state index contributed by atoms with van der Waals surface area (Å²) in [5, 5.41) is 3.08. The number of likely N-dealkylation sites (tertiary alicyclic amines) is 1. The van der Waals surface area contributed by atoms with Crippen molar-refractivity contribution in [2.75, 3.05) is 19.6 Å². The van der Waals surface area contributed by atoms with Gasteiger partial charge in [-0.25, -0.2) is 0 Å². The molecule has 1 aromatic carbocycles. The zero-order valence-corrected chi connectivity index (χ0v) is 18.2. The summed E-state index contributed by atoms with van der Waals surface area (Å²) in [6.07, 6.45) is -0.957. The molecule has 3 heterocycles. The van der Waals surface area contributed by atoms with E-state index in [0.717, 1.165) is 49.6 Å². The van der Waals surface area contributed by atoms with E-state index in [1.807, 2.05) is 12.1 Å². The van der Waals surface area contributed by atoms with E-state index in [-0.39, 0.29) is 16.6 Å². The highest BCUT2D eigenvalue weighted by atomic mass is 35.5. The third kappa shape index (κ3) is 5.31. The van der Waals surface area contributed by atoms with E-state index in [2.05, 4.69) is 15.2 Å². The molecule has 0 aliphatic carbocycles. The molecule has 0 atom stereocenters. The van der Waals surface area contributed by atoms with Crippen molar-refractivity contribution in [2.24, 2.45) is 0 Å². The van der Waals surface area contributed by atoms with Crippen molar-refractivity contribution in [3.8, 4) is 0 Å². The van der Waals surface area contributed by atoms with Gasteiger partial charge in [-0.15, -0.1) is 0 Å². The van der Waals surface area contributed by atoms with Gasteiger partial charge in [0.15, 0.2) is 0 Å². The molecule has 1 aliphatic rings. The molecule has 1 N–H and O–H groups in total. The lowest BCUT2D eigenvalue weighted by Gasteiger charge is -2.32. The van der Waals surface area contributed by atoms with Gasteiger partial charge in [-0.05, 0) is 61.8 Å². The van der Waals surface area contributed by atoms with Crippen molar-refractivity contribution < 1.29 is 13.2 Å². The van der Waals surface area contributed by atoms with Gasteiger partial charge in [0.05, 0.1) is 21.6 Å². The van der Waals surface area contributed by atoms with Gasteiger partial charge in [0, 0.05) is 37.9 Å². The molecular formula is C23H24ClF3N4O. The molecule has 5 nitrogen and oxygen atoms in total. The molecule has 0 bridgehead atoms. The maximum Gasteiger partial charge on any atom is 0.417 e. The Morgan fingerprint density at radius 1 is 1.09 bits per heavy atom. The van der Waals surface area contributed by atoms with Crippen LogP contribution < -0.4 is 10.9 Å². The third-order valence-electron chi connectivity index (χ3n) is 5.92. The zero-order valence-electron chi connectivity index (χ0n) is 17.4. The second kappa shape index (κ2) is 9.60. The number of aromatic nitrogens is 2. The Bertz CT molecular complexity index is 1140. The standard InChI is InChI=1S/C23H24ClF3N4O/c24-19-4-3-16(14-18(19)23(25,26)27)15-29-17-7-10-30(11-8-17)12-13-31-21-2-1-9-28-20(21)5-6-22(31)32/h1-6,9,14,17,29H,7-8,10-13,15H2. The van der Waals surface area contributed by atoms with Crippen molar-refractivity contribution in [1.29, 1.82) is 0 Å². The molecule has 3 aromatic rings. The smallest absolute Gasteiger partial charge is 0.310 e. The summed E-state index contributed by atoms with van der Waals surface area (Å²) in [5.41, 5.74) is 1.35. The lowest BCUT2D eigenvalue weighted by molar-refractivity contribution is -0.137. The number of nitrogens with zero attached hydrogens (tertiary/aromatic N) is 3. The molecule has 4 rings (SSSR count). The van der Waals surface area contributed by atoms with E-state index in [4.69, 9.17) is 11.6 Å². The highest BCUT2D eigenvalue weighted by Crippen LogP contribution is 2.35. The second-order valence-corrected chi connectivity index (χ2v) is 8.45. The van der Waals surface area contributed by atoms with Gasteiger partial charge < -0.3 is 14.8 Å². The number of piperidine rings is 1. The molecule has 1 saturated heterocycles. The summed E-state index contributed by atoms with van der Waals surface area (Å²) >= 11 is 5.69. The summed E-state index contributed by atoms with van der Waals surface area (Å²) in [5.74, 6) is 0. The van der Waals surface area contributed by atoms with Crippen LogP contribution in [-0.4, -0.2) is 40.1 Å². The molecule has 0 unspecified atom stereocenters. The van der Waals surface area contributed by atoms with E-state index in [9.17, 15) is 18.0 Å². The average Bonchev–Trinajstić information content (AvgIpc) is 2.78. The van der Waals surface area contributed by atoms with Gasteiger partial charge in [-0.1, -0.05) is 17.7 Å². The molecule has 0 radical (unpaired) electrons. The van der Waals surface area contributed by atoms with Crippen LogP contribution in [0.25, 0.3) is 11.0 Å². The van der Waals surface area contributed by atoms with Crippen molar-refractivity contribution >= 4 is 22.6 Å². The number of fused-ring (bicyclic) bond motifs is 1. The topological polar surface area (TPSA) is 50.2 Å². The number of hydrogen-bond donors (Lipinski definition) is 1. The molecule has 170 valence electrons. The molecule has 32 heavy (non-hydrogen) atoms. The fraction of sp³-hybridized carbons (Fsp3) is 0.391. The lowest BCUT2D eigenvalue weighted by Crippen LogP contribution is -2.43. The summed E-state index contributed by atoms with van der Waals surface area (Å²) < 4.78 is 40.9. The van der Waals surface area contributed by atoms with E-state index < -0.39 is 11.7 Å². The first-order valence-corrected chi connectivity index (χ1v) is 10.9. The van der Waals surface area contributed by atoms with Crippen molar-refractivity contribution in [3.05, 3.63) is 75.2 Å². The molecule has 0 spiro atoms. The van der Waals surface area contributed by atoms with Crippen LogP contribution in [0.2, 0.25) is 5.02 Å². The maximum atomic E-state index is 13.0. The van der Waals surface area contributed by atoms with Crippen molar-refractivity contribution in [2.45, 2.75) is 38.1 Å². The minimum absolute atomic E-state index is 0.0387. The van der Waals surface area contributed by atoms with Crippen LogP contribution in [0.4, 0.5) is 13.2 Å². The predicted octanol–water partition coefficient (Wildman–Crippen LogP) is 4.32. The fourth-order valence-electron chi connectivity index (χ4n) is 4.12. The molecule has 1 aliphatic heterocycles. The number of pyridine rings is 2. The number of benzene rings is 1. The van der Waals surface area contributed by atoms with Crippen LogP contribution >= 0.6 is 11.6 Å². The molecule has 0 saturated carbocycles. The molecule has 9 heteroatoms. The Morgan fingerprint density at radius 2 is 1.88 bits per heavy atom. The highest BCUT2D eigenvalue weighted by Gasteiger charge is 2.33. The Hall–Kier alpha value is -2.42. The first-order chi connectivity index (χ1) is 15.3. The van der Waals surface area contributed by atoms with E-state index in [1.165, 1.54) is 6.07 Å². The van der Waals surface area contributed by atoms with Crippen LogP contribution in [0.1, 0.15) is 24.0 Å². The zero-order chi connectivity index (χ0) is 22.7. The quantitative estimate of drug-likeness (QED) is 0.590. The van der Waals surface area contributed by atoms with Gasteiger partial charge in [0.2, 0.25) is 0 Å². The van der Waals surface area contributed by atoms with E-state index in [1.54, 1.807) is 29.0 Å². The average molecular weight is 465 g/mol. The molecule has 1 fully saturated rings. The number of halogens is 4. The van der Waals surface area contributed by atoms with Gasteiger partial charge in [-0.2, -0.15) is 13.2 Å². The van der Waals surface area contributed by atoms with Gasteiger partial charge in [-0.3, -0.25) is 9.78 Å². The van der Waals surface area contributed by atoms with Crippen LogP contribution in [-0.2, 0) is 19.3 Å². The first-order valence-electron chi connectivity index (χ1n) is 10.6. The predicted molar refractivity (Wildman–Crippen MR) is 119 cm³/mol. The number of rotatable bonds is 6. The SMILES string of the molecule is O=c1ccc2ncccc2n1CCN1CCC(NCc2ccc(Cl)c(C(F)(F)F)c2)CC1. The number of alkyl halides is 3. The van der Waals surface area contributed by atoms with Crippen LogP contribution in [0.3, 0.4) is 0 Å². The third-order valence-corrected chi connectivity index (χ3v) is 6.24. The van der Waals surface area contributed by atoms with Gasteiger partial charge in [0.1, 0.15) is 0 Å². The summed E-state index contributed by atoms with van der Waals surface area (Å²) in [6, 6.07) is 11.3. The van der Waals surface area contributed by atoms with E-state index in [0.29, 0.717) is 18.7 Å². The summed E-state index contributed by atoms with van der Waals surface area (Å²) in [4.78, 5) is 18.9. The van der Waals surface area contributed by atoms with Crippen molar-refractivity contribution in [1.82, 2.24) is 19.8 Å². The minimum atomic E-state index is -4.46. The second-order valence-electron chi connectivity index (χ2n) is 8.04. The number of nitrogens with one attached hydrogen (secondary N) is 1. The minimum Gasteiger partial charge on any atom is -0.310 e. The Balaban J connectivity index is 1.28. The van der Waals surface area contributed by atoms with Crippen LogP contribution in [0, 0.1) is 0 Å². The van der Waals surface area contributed by atoms with Crippen LogP contribution in [0.15, 0.2) is 53.5 Å². The lowest BCUT2D eigenvalue weighted by atomic mass is 10.0. The molecule has 0 amide bonds. The Kier molecular flexibility index (Phi) is 6.83. The normalized spacial score (nSPS) is 16.0. The Morgan fingerprint density at radius 3 is 2.62 bits per heavy atom. The van der Waals surface area contributed by atoms with Crippen LogP contribution in [0.5, 0.6) is 0 Å². The van der Waals surface area contributed by atoms with Gasteiger partial charge >= 0.3 is 6.18 Å². The summed E-state index contributed by atoms with van der Waals surface area (Å²) in [7, 11) is 0. The van der Waals surface area contributed by atoms with Gasteiger partial charge in [0.25, 0.3) is 5.56 Å². The maximum absolute atomic E-state index is 13.0. The summed E-state index contributed by atoms with van der Waals surface area (Å²) in [6.45, 7) is 3.44. The fourth-order valence-corrected chi connectivity index (χ4v) is 4.34. The monoisotopic (exact) mass is 464 g/mol. The van der Waals surface area contributed by atoms with E-state index >= 15 is 0 Å². The Labute approximate surface area is 188 Å². The number of hydrogen-bond acceptors (Lipinski definition) is 4. The first kappa shape index (κ1) is 22.8. The largest absolute Gasteiger partial charge is 0.417 e.